The Morgan fingerprint density at radius 2 is 1.65 bits per heavy atom. The molecule has 0 aliphatic rings. The van der Waals surface area contributed by atoms with Crippen LogP contribution in [0.5, 0.6) is 0 Å². The standard InChI is InChI=1S/C11H14FNO3S/c1-11(2,3)10(14)13-17(15,16)9-6-4-8(12)5-7-9/h4-7H,1-3H3,(H,13,14). The van der Waals surface area contributed by atoms with Crippen molar-refractivity contribution in [1.82, 2.24) is 4.72 Å². The lowest BCUT2D eigenvalue weighted by molar-refractivity contribution is -0.126. The number of sulfonamides is 1. The van der Waals surface area contributed by atoms with Crippen LogP contribution in [-0.2, 0) is 14.8 Å². The van der Waals surface area contributed by atoms with Crippen LogP contribution in [0.25, 0.3) is 0 Å². The summed E-state index contributed by atoms with van der Waals surface area (Å²) < 4.78 is 38.1. The Morgan fingerprint density at radius 3 is 2.06 bits per heavy atom. The third kappa shape index (κ3) is 3.52. The van der Waals surface area contributed by atoms with Crippen molar-refractivity contribution in [3.05, 3.63) is 30.1 Å². The van der Waals surface area contributed by atoms with E-state index in [1.807, 2.05) is 4.72 Å². The van der Waals surface area contributed by atoms with E-state index in [-0.39, 0.29) is 4.90 Å². The average Bonchev–Trinajstić information content (AvgIpc) is 2.16. The molecule has 0 fully saturated rings. The lowest BCUT2D eigenvalue weighted by Crippen LogP contribution is -2.38. The number of amides is 1. The molecule has 0 aliphatic heterocycles. The van der Waals surface area contributed by atoms with E-state index < -0.39 is 27.2 Å². The van der Waals surface area contributed by atoms with Gasteiger partial charge in [0, 0.05) is 5.41 Å². The highest BCUT2D eigenvalue weighted by atomic mass is 32.2. The van der Waals surface area contributed by atoms with Gasteiger partial charge in [0.2, 0.25) is 5.91 Å². The molecule has 17 heavy (non-hydrogen) atoms. The van der Waals surface area contributed by atoms with E-state index in [0.29, 0.717) is 0 Å². The summed E-state index contributed by atoms with van der Waals surface area (Å²) in [7, 11) is -3.93. The summed E-state index contributed by atoms with van der Waals surface area (Å²) in [5.74, 6) is -1.15. The highest BCUT2D eigenvalue weighted by Crippen LogP contribution is 2.16. The minimum absolute atomic E-state index is 0.142. The van der Waals surface area contributed by atoms with E-state index in [1.165, 1.54) is 0 Å². The number of carbonyl (C=O) groups excluding carboxylic acids is 1. The lowest BCUT2D eigenvalue weighted by atomic mass is 9.96. The van der Waals surface area contributed by atoms with E-state index in [1.54, 1.807) is 20.8 Å². The Bertz CT molecular complexity index is 515. The number of nitrogens with one attached hydrogen (secondary N) is 1. The molecule has 94 valence electrons. The third-order valence-corrected chi connectivity index (χ3v) is 3.38. The molecule has 1 aromatic carbocycles. The molecule has 0 saturated heterocycles. The highest BCUT2D eigenvalue weighted by molar-refractivity contribution is 7.90. The second-order valence-corrected chi connectivity index (χ2v) is 6.32. The maximum absolute atomic E-state index is 12.6. The Morgan fingerprint density at radius 1 is 1.18 bits per heavy atom. The number of hydrogen-bond donors (Lipinski definition) is 1. The van der Waals surface area contributed by atoms with Gasteiger partial charge in [0.05, 0.1) is 4.90 Å². The predicted octanol–water partition coefficient (Wildman–Crippen LogP) is 1.68. The minimum Gasteiger partial charge on any atom is -0.273 e. The highest BCUT2D eigenvalue weighted by Gasteiger charge is 2.26. The van der Waals surface area contributed by atoms with Gasteiger partial charge in [0.1, 0.15) is 5.82 Å². The Labute approximate surface area is 99.9 Å². The van der Waals surface area contributed by atoms with Crippen molar-refractivity contribution in [3.63, 3.8) is 0 Å². The van der Waals surface area contributed by atoms with Crippen molar-refractivity contribution in [2.45, 2.75) is 25.7 Å². The third-order valence-electron chi connectivity index (χ3n) is 2.03. The van der Waals surface area contributed by atoms with Gasteiger partial charge in [-0.15, -0.1) is 0 Å². The van der Waals surface area contributed by atoms with Gasteiger partial charge >= 0.3 is 0 Å². The van der Waals surface area contributed by atoms with E-state index in [9.17, 15) is 17.6 Å². The van der Waals surface area contributed by atoms with Crippen LogP contribution in [0.1, 0.15) is 20.8 Å². The maximum Gasteiger partial charge on any atom is 0.264 e. The second kappa shape index (κ2) is 4.44. The van der Waals surface area contributed by atoms with Crippen molar-refractivity contribution in [1.29, 1.82) is 0 Å². The van der Waals surface area contributed by atoms with E-state index in [2.05, 4.69) is 0 Å². The molecule has 1 amide bonds. The first-order chi connectivity index (χ1) is 7.63. The van der Waals surface area contributed by atoms with Crippen molar-refractivity contribution < 1.29 is 17.6 Å². The van der Waals surface area contributed by atoms with Gasteiger partial charge in [-0.05, 0) is 24.3 Å². The number of rotatable bonds is 2. The van der Waals surface area contributed by atoms with Crippen molar-refractivity contribution in [2.75, 3.05) is 0 Å². The molecule has 0 radical (unpaired) electrons. The minimum atomic E-state index is -3.93. The Kier molecular flexibility index (Phi) is 3.56. The molecule has 6 heteroatoms. The molecule has 0 aromatic heterocycles. The summed E-state index contributed by atoms with van der Waals surface area (Å²) >= 11 is 0. The molecule has 0 bridgehead atoms. The molecule has 4 nitrogen and oxygen atoms in total. The predicted molar refractivity (Wildman–Crippen MR) is 61.2 cm³/mol. The molecule has 0 spiro atoms. The van der Waals surface area contributed by atoms with Gasteiger partial charge in [0.15, 0.2) is 0 Å². The van der Waals surface area contributed by atoms with Crippen molar-refractivity contribution in [2.24, 2.45) is 5.41 Å². The molecule has 1 aromatic rings. The molecule has 1 rings (SSSR count). The van der Waals surface area contributed by atoms with Crippen molar-refractivity contribution >= 4 is 15.9 Å². The fourth-order valence-corrected chi connectivity index (χ4v) is 2.11. The first-order valence-electron chi connectivity index (χ1n) is 4.96. The van der Waals surface area contributed by atoms with Gasteiger partial charge in [0.25, 0.3) is 10.0 Å². The first kappa shape index (κ1) is 13.6. The molecular formula is C11H14FNO3S. The number of carbonyl (C=O) groups is 1. The van der Waals surface area contributed by atoms with Gasteiger partial charge in [-0.1, -0.05) is 20.8 Å². The Balaban J connectivity index is 2.98. The van der Waals surface area contributed by atoms with Crippen LogP contribution >= 0.6 is 0 Å². The number of halogens is 1. The summed E-state index contributed by atoms with van der Waals surface area (Å²) in [6.45, 7) is 4.80. The van der Waals surface area contributed by atoms with E-state index >= 15 is 0 Å². The van der Waals surface area contributed by atoms with Gasteiger partial charge < -0.3 is 0 Å². The first-order valence-corrected chi connectivity index (χ1v) is 6.44. The molecular weight excluding hydrogens is 245 g/mol. The zero-order chi connectivity index (χ0) is 13.3. The summed E-state index contributed by atoms with van der Waals surface area (Å²) in [4.78, 5) is 11.4. The monoisotopic (exact) mass is 259 g/mol. The second-order valence-electron chi connectivity index (χ2n) is 4.64. The number of benzene rings is 1. The average molecular weight is 259 g/mol. The van der Waals surface area contributed by atoms with Crippen LogP contribution in [-0.4, -0.2) is 14.3 Å². The van der Waals surface area contributed by atoms with Crippen LogP contribution in [0, 0.1) is 11.2 Å². The number of hydrogen-bond acceptors (Lipinski definition) is 3. The van der Waals surface area contributed by atoms with Crippen LogP contribution in [0.4, 0.5) is 4.39 Å². The summed E-state index contributed by atoms with van der Waals surface area (Å²) in [6, 6.07) is 4.26. The van der Waals surface area contributed by atoms with Crippen LogP contribution in [0.2, 0.25) is 0 Å². The van der Waals surface area contributed by atoms with Crippen LogP contribution in [0.3, 0.4) is 0 Å². The fraction of sp³-hybridized carbons (Fsp3) is 0.364. The molecule has 0 heterocycles. The van der Waals surface area contributed by atoms with Gasteiger partial charge in [-0.25, -0.2) is 17.5 Å². The molecule has 1 N–H and O–H groups in total. The molecule has 0 atom stereocenters. The van der Waals surface area contributed by atoms with E-state index in [0.717, 1.165) is 24.3 Å². The maximum atomic E-state index is 12.6. The largest absolute Gasteiger partial charge is 0.273 e. The van der Waals surface area contributed by atoms with Gasteiger partial charge in [-0.2, -0.15) is 0 Å². The lowest BCUT2D eigenvalue weighted by Gasteiger charge is -2.17. The topological polar surface area (TPSA) is 63.2 Å². The molecule has 0 unspecified atom stereocenters. The fourth-order valence-electron chi connectivity index (χ4n) is 0.948. The normalized spacial score (nSPS) is 12.2. The van der Waals surface area contributed by atoms with Crippen LogP contribution < -0.4 is 4.72 Å². The van der Waals surface area contributed by atoms with Gasteiger partial charge in [-0.3, -0.25) is 4.79 Å². The van der Waals surface area contributed by atoms with E-state index in [4.69, 9.17) is 0 Å². The zero-order valence-electron chi connectivity index (χ0n) is 9.82. The van der Waals surface area contributed by atoms with Crippen LogP contribution in [0.15, 0.2) is 29.2 Å². The van der Waals surface area contributed by atoms with Crippen molar-refractivity contribution in [3.8, 4) is 0 Å². The smallest absolute Gasteiger partial charge is 0.264 e. The summed E-state index contributed by atoms with van der Waals surface area (Å²) in [6.07, 6.45) is 0. The molecule has 0 aliphatic carbocycles. The zero-order valence-corrected chi connectivity index (χ0v) is 10.6. The summed E-state index contributed by atoms with van der Waals surface area (Å²) in [5, 5.41) is 0. The SMILES string of the molecule is CC(C)(C)C(=O)NS(=O)(=O)c1ccc(F)cc1. The quantitative estimate of drug-likeness (QED) is 0.878. The summed E-state index contributed by atoms with van der Waals surface area (Å²) in [5.41, 5.74) is -0.812. The molecule has 0 saturated carbocycles. The Hall–Kier alpha value is -1.43.